The van der Waals surface area contributed by atoms with Gasteiger partial charge in [0.05, 0.1) is 12.0 Å². The van der Waals surface area contributed by atoms with Crippen LogP contribution < -0.4 is 5.73 Å². The van der Waals surface area contributed by atoms with Crippen molar-refractivity contribution in [3.63, 3.8) is 0 Å². The highest BCUT2D eigenvalue weighted by Crippen LogP contribution is 2.32. The molecule has 0 aliphatic heterocycles. The standard InChI is InChI=1S/C9H15N2/c1-8(7-10)9(11)5-3-2-4-6-9/h8,11H,2-6H2,1H3. The van der Waals surface area contributed by atoms with Gasteiger partial charge in [-0.3, -0.25) is 0 Å². The van der Waals surface area contributed by atoms with Gasteiger partial charge in [-0.1, -0.05) is 19.3 Å². The molecule has 0 spiro atoms. The fourth-order valence-corrected chi connectivity index (χ4v) is 1.74. The average Bonchev–Trinajstić information content (AvgIpc) is 2.04. The van der Waals surface area contributed by atoms with E-state index in [0.29, 0.717) is 0 Å². The Morgan fingerprint density at radius 3 is 2.36 bits per heavy atom. The van der Waals surface area contributed by atoms with E-state index < -0.39 is 5.54 Å². The molecule has 0 bridgehead atoms. The minimum atomic E-state index is -0.424. The maximum absolute atomic E-state index is 8.68. The molecule has 0 aromatic carbocycles. The topological polar surface area (TPSA) is 47.6 Å². The van der Waals surface area contributed by atoms with Crippen LogP contribution in [0.2, 0.25) is 0 Å². The van der Waals surface area contributed by atoms with Crippen molar-refractivity contribution in [2.75, 3.05) is 0 Å². The fraction of sp³-hybridized carbons (Fsp3) is 0.889. The molecule has 1 atom stereocenters. The molecule has 0 heterocycles. The smallest absolute Gasteiger partial charge is 0.0672 e. The van der Waals surface area contributed by atoms with E-state index in [0.717, 1.165) is 25.7 Å². The molecule has 11 heavy (non-hydrogen) atoms. The van der Waals surface area contributed by atoms with Gasteiger partial charge in [0.15, 0.2) is 0 Å². The van der Waals surface area contributed by atoms with Gasteiger partial charge in [0.2, 0.25) is 0 Å². The highest BCUT2D eigenvalue weighted by Gasteiger charge is 2.33. The lowest BCUT2D eigenvalue weighted by molar-refractivity contribution is 0.235. The van der Waals surface area contributed by atoms with Crippen LogP contribution in [0.15, 0.2) is 0 Å². The summed E-state index contributed by atoms with van der Waals surface area (Å²) >= 11 is 0. The zero-order valence-electron chi connectivity index (χ0n) is 7.06. The first-order chi connectivity index (χ1) is 5.19. The molecule has 0 amide bonds. The molecule has 2 nitrogen and oxygen atoms in total. The number of hydrogen-bond acceptors (Lipinski definition) is 1. The summed E-state index contributed by atoms with van der Waals surface area (Å²) in [6.07, 6.45) is 5.35. The minimum Gasteiger partial charge on any atom is -0.250 e. The Hall–Kier alpha value is -0.550. The summed E-state index contributed by atoms with van der Waals surface area (Å²) in [6, 6.07) is 2.19. The van der Waals surface area contributed by atoms with Gasteiger partial charge in [-0.05, 0) is 19.8 Å². The highest BCUT2D eigenvalue weighted by atomic mass is 14.8. The Labute approximate surface area is 68.4 Å². The number of rotatable bonds is 1. The van der Waals surface area contributed by atoms with E-state index in [1.807, 2.05) is 6.92 Å². The van der Waals surface area contributed by atoms with E-state index in [1.165, 1.54) is 6.42 Å². The van der Waals surface area contributed by atoms with Gasteiger partial charge in [-0.25, -0.2) is 5.73 Å². The molecule has 1 radical (unpaired) electrons. The lowest BCUT2D eigenvalue weighted by atomic mass is 9.75. The molecule has 1 aliphatic carbocycles. The second-order valence-electron chi connectivity index (χ2n) is 3.57. The predicted octanol–water partition coefficient (Wildman–Crippen LogP) is 2.13. The van der Waals surface area contributed by atoms with Crippen LogP contribution in [0.25, 0.3) is 0 Å². The molecule has 1 saturated carbocycles. The van der Waals surface area contributed by atoms with E-state index in [-0.39, 0.29) is 5.92 Å². The third kappa shape index (κ3) is 1.72. The van der Waals surface area contributed by atoms with Gasteiger partial charge in [0.1, 0.15) is 0 Å². The SMILES string of the molecule is CC(C#N)C1([NH])CCCCC1. The van der Waals surface area contributed by atoms with E-state index in [9.17, 15) is 0 Å². The number of nitrogens with zero attached hydrogens (tertiary/aromatic N) is 1. The minimum absolute atomic E-state index is 0.0946. The summed E-state index contributed by atoms with van der Waals surface area (Å²) in [7, 11) is 0. The maximum atomic E-state index is 8.68. The van der Waals surface area contributed by atoms with Crippen molar-refractivity contribution in [3.05, 3.63) is 0 Å². The Balaban J connectivity index is 2.57. The monoisotopic (exact) mass is 151 g/mol. The molecule has 1 fully saturated rings. The van der Waals surface area contributed by atoms with Crippen LogP contribution in [0, 0.1) is 17.2 Å². The summed E-state index contributed by atoms with van der Waals surface area (Å²) in [5.41, 5.74) is 7.58. The first-order valence-corrected chi connectivity index (χ1v) is 4.34. The first-order valence-electron chi connectivity index (χ1n) is 4.34. The molecule has 1 aliphatic rings. The van der Waals surface area contributed by atoms with Gasteiger partial charge in [-0.15, -0.1) is 0 Å². The molecule has 1 N–H and O–H groups in total. The van der Waals surface area contributed by atoms with E-state index in [1.54, 1.807) is 0 Å². The third-order valence-electron chi connectivity index (χ3n) is 2.77. The Bertz CT molecular complexity index is 163. The van der Waals surface area contributed by atoms with Gasteiger partial charge < -0.3 is 0 Å². The molecule has 0 saturated heterocycles. The second-order valence-corrected chi connectivity index (χ2v) is 3.57. The van der Waals surface area contributed by atoms with Crippen molar-refractivity contribution in [2.24, 2.45) is 5.92 Å². The van der Waals surface area contributed by atoms with Crippen molar-refractivity contribution >= 4 is 0 Å². The third-order valence-corrected chi connectivity index (χ3v) is 2.77. The number of nitrogens with one attached hydrogen (secondary N) is 1. The second kappa shape index (κ2) is 3.23. The van der Waals surface area contributed by atoms with Crippen LogP contribution in [-0.2, 0) is 0 Å². The van der Waals surface area contributed by atoms with E-state index >= 15 is 0 Å². The summed E-state index contributed by atoms with van der Waals surface area (Å²) in [5, 5.41) is 8.68. The van der Waals surface area contributed by atoms with Gasteiger partial charge in [0, 0.05) is 5.54 Å². The molecular weight excluding hydrogens is 136 g/mol. The Kier molecular flexibility index (Phi) is 2.51. The van der Waals surface area contributed by atoms with Crippen molar-refractivity contribution in [2.45, 2.75) is 44.6 Å². The molecule has 61 valence electrons. The number of hydrogen-bond donors (Lipinski definition) is 0. The summed E-state index contributed by atoms with van der Waals surface area (Å²) in [4.78, 5) is 0. The van der Waals surface area contributed by atoms with Crippen molar-refractivity contribution < 1.29 is 0 Å². The lowest BCUT2D eigenvalue weighted by Crippen LogP contribution is -2.39. The molecular formula is C9H15N2. The average molecular weight is 151 g/mol. The zero-order chi connectivity index (χ0) is 8.32. The van der Waals surface area contributed by atoms with Gasteiger partial charge in [-0.2, -0.15) is 5.26 Å². The summed E-state index contributed by atoms with van der Waals surface area (Å²) < 4.78 is 0. The van der Waals surface area contributed by atoms with Crippen molar-refractivity contribution in [1.29, 1.82) is 5.26 Å². The van der Waals surface area contributed by atoms with Crippen LogP contribution in [0.4, 0.5) is 0 Å². The quantitative estimate of drug-likeness (QED) is 0.566. The van der Waals surface area contributed by atoms with Gasteiger partial charge in [0.25, 0.3) is 0 Å². The maximum Gasteiger partial charge on any atom is 0.0672 e. The predicted molar refractivity (Wildman–Crippen MR) is 43.7 cm³/mol. The van der Waals surface area contributed by atoms with Crippen molar-refractivity contribution in [3.8, 4) is 6.07 Å². The van der Waals surface area contributed by atoms with Crippen LogP contribution in [0.1, 0.15) is 39.0 Å². The molecule has 2 heteroatoms. The van der Waals surface area contributed by atoms with Crippen LogP contribution in [0.3, 0.4) is 0 Å². The van der Waals surface area contributed by atoms with E-state index in [2.05, 4.69) is 6.07 Å². The lowest BCUT2D eigenvalue weighted by Gasteiger charge is -2.34. The van der Waals surface area contributed by atoms with E-state index in [4.69, 9.17) is 11.0 Å². The highest BCUT2D eigenvalue weighted by molar-refractivity contribution is 5.00. The Morgan fingerprint density at radius 2 is 1.91 bits per heavy atom. The molecule has 0 aromatic rings. The molecule has 0 aromatic heterocycles. The first kappa shape index (κ1) is 8.55. The summed E-state index contributed by atoms with van der Waals surface area (Å²) in [5.74, 6) is -0.0946. The number of nitriles is 1. The zero-order valence-corrected chi connectivity index (χ0v) is 7.06. The van der Waals surface area contributed by atoms with Crippen LogP contribution in [0.5, 0.6) is 0 Å². The largest absolute Gasteiger partial charge is 0.250 e. The van der Waals surface area contributed by atoms with Crippen LogP contribution in [-0.4, -0.2) is 5.54 Å². The normalized spacial score (nSPS) is 25.5. The molecule has 1 unspecified atom stereocenters. The fourth-order valence-electron chi connectivity index (χ4n) is 1.74. The van der Waals surface area contributed by atoms with Gasteiger partial charge >= 0.3 is 0 Å². The van der Waals surface area contributed by atoms with Crippen LogP contribution >= 0.6 is 0 Å². The summed E-state index contributed by atoms with van der Waals surface area (Å²) in [6.45, 7) is 1.87. The Morgan fingerprint density at radius 1 is 1.36 bits per heavy atom. The molecule has 1 rings (SSSR count). The van der Waals surface area contributed by atoms with Crippen molar-refractivity contribution in [1.82, 2.24) is 5.73 Å².